The van der Waals surface area contributed by atoms with Gasteiger partial charge in [-0.05, 0) is 12.8 Å². The molecule has 0 amide bonds. The molecule has 0 bridgehead atoms. The first-order chi connectivity index (χ1) is 5.70. The molecule has 0 aliphatic carbocycles. The highest BCUT2D eigenvalue weighted by Crippen LogP contribution is 2.09. The van der Waals surface area contributed by atoms with Gasteiger partial charge in [-0.1, -0.05) is 33.1 Å². The molecular weight excluding hydrogens is 158 g/mol. The van der Waals surface area contributed by atoms with E-state index >= 15 is 0 Å². The maximum absolute atomic E-state index is 9.98. The number of hydrogen-bond acceptors (Lipinski definition) is 3. The Kier molecular flexibility index (Phi) is 6.42. The lowest BCUT2D eigenvalue weighted by atomic mass is 10.1. The van der Waals surface area contributed by atoms with E-state index in [9.17, 15) is 10.1 Å². The minimum atomic E-state index is -0.694. The van der Waals surface area contributed by atoms with Crippen molar-refractivity contribution >= 4 is 0 Å². The molecule has 0 saturated heterocycles. The molecule has 12 heavy (non-hydrogen) atoms. The summed E-state index contributed by atoms with van der Waals surface area (Å²) in [5.41, 5.74) is 0. The van der Waals surface area contributed by atoms with Crippen LogP contribution in [-0.2, 0) is 4.84 Å². The lowest BCUT2D eigenvalue weighted by Crippen LogP contribution is -2.15. The molecule has 4 heteroatoms. The summed E-state index contributed by atoms with van der Waals surface area (Å²) in [4.78, 5) is 14.5. The first kappa shape index (κ1) is 11.2. The van der Waals surface area contributed by atoms with Crippen molar-refractivity contribution in [3.8, 4) is 0 Å². The largest absolute Gasteiger partial charge is 0.311 e. The highest BCUT2D eigenvalue weighted by molar-refractivity contribution is 4.52. The Labute approximate surface area is 73.0 Å². The third-order valence-electron chi connectivity index (χ3n) is 1.82. The fourth-order valence-corrected chi connectivity index (χ4v) is 1.08. The molecule has 0 heterocycles. The predicted octanol–water partition coefficient (Wildman–Crippen LogP) is 2.55. The van der Waals surface area contributed by atoms with Crippen LogP contribution in [0.3, 0.4) is 0 Å². The van der Waals surface area contributed by atoms with Crippen molar-refractivity contribution in [1.82, 2.24) is 0 Å². The van der Waals surface area contributed by atoms with Gasteiger partial charge in [0, 0.05) is 0 Å². The van der Waals surface area contributed by atoms with Crippen molar-refractivity contribution in [2.75, 3.05) is 0 Å². The van der Waals surface area contributed by atoms with Gasteiger partial charge >= 0.3 is 0 Å². The second kappa shape index (κ2) is 6.88. The van der Waals surface area contributed by atoms with Gasteiger partial charge in [-0.3, -0.25) is 0 Å². The molecule has 0 spiro atoms. The zero-order valence-electron chi connectivity index (χ0n) is 7.78. The molecule has 0 saturated carbocycles. The van der Waals surface area contributed by atoms with Crippen LogP contribution in [0.5, 0.6) is 0 Å². The first-order valence-corrected chi connectivity index (χ1v) is 4.51. The Morgan fingerprint density at radius 3 is 2.50 bits per heavy atom. The average Bonchev–Trinajstić information content (AvgIpc) is 2.02. The lowest BCUT2D eigenvalue weighted by molar-refractivity contribution is -0.768. The van der Waals surface area contributed by atoms with E-state index in [1.807, 2.05) is 6.92 Å². The van der Waals surface area contributed by atoms with E-state index in [1.54, 1.807) is 0 Å². The summed E-state index contributed by atoms with van der Waals surface area (Å²) < 4.78 is 0. The number of unbranched alkanes of at least 4 members (excludes halogenated alkanes) is 2. The van der Waals surface area contributed by atoms with Gasteiger partial charge in [0.05, 0.1) is 0 Å². The maximum Gasteiger partial charge on any atom is 0.294 e. The highest BCUT2D eigenvalue weighted by atomic mass is 17.0. The second-order valence-corrected chi connectivity index (χ2v) is 2.86. The molecule has 0 aliphatic heterocycles. The molecule has 0 fully saturated rings. The van der Waals surface area contributed by atoms with Crippen LogP contribution in [-0.4, -0.2) is 11.2 Å². The molecule has 1 atom stereocenters. The Balaban J connectivity index is 3.46. The monoisotopic (exact) mass is 175 g/mol. The standard InChI is InChI=1S/C8H17NO3/c1-3-5-6-7-8(4-2)12-9(10)11/h8H,3-7H2,1-2H3. The number of rotatable bonds is 7. The molecule has 72 valence electrons. The van der Waals surface area contributed by atoms with Crippen LogP contribution in [0.2, 0.25) is 0 Å². The van der Waals surface area contributed by atoms with Gasteiger partial charge in [0.2, 0.25) is 0 Å². The molecule has 0 aromatic heterocycles. The van der Waals surface area contributed by atoms with Gasteiger partial charge in [0.1, 0.15) is 6.10 Å². The Bertz CT molecular complexity index is 127. The van der Waals surface area contributed by atoms with E-state index in [0.29, 0.717) is 6.42 Å². The van der Waals surface area contributed by atoms with E-state index in [1.165, 1.54) is 0 Å². The lowest BCUT2D eigenvalue weighted by Gasteiger charge is -2.11. The third kappa shape index (κ3) is 5.95. The fraction of sp³-hybridized carbons (Fsp3) is 1.00. The van der Waals surface area contributed by atoms with E-state index < -0.39 is 5.09 Å². The summed E-state index contributed by atoms with van der Waals surface area (Å²) in [6.45, 7) is 4.01. The van der Waals surface area contributed by atoms with E-state index in [-0.39, 0.29) is 6.10 Å². The zero-order chi connectivity index (χ0) is 9.40. The summed E-state index contributed by atoms with van der Waals surface area (Å²) in [7, 11) is 0. The van der Waals surface area contributed by atoms with Crippen molar-refractivity contribution in [2.24, 2.45) is 0 Å². The smallest absolute Gasteiger partial charge is 0.294 e. The predicted molar refractivity (Wildman–Crippen MR) is 46.3 cm³/mol. The minimum absolute atomic E-state index is 0.202. The van der Waals surface area contributed by atoms with E-state index in [2.05, 4.69) is 11.8 Å². The van der Waals surface area contributed by atoms with Crippen molar-refractivity contribution in [1.29, 1.82) is 0 Å². The number of nitrogens with zero attached hydrogens (tertiary/aromatic N) is 1. The molecular formula is C8H17NO3. The van der Waals surface area contributed by atoms with Gasteiger partial charge in [-0.15, -0.1) is 10.1 Å². The molecule has 0 aliphatic rings. The molecule has 0 N–H and O–H groups in total. The fourth-order valence-electron chi connectivity index (χ4n) is 1.08. The van der Waals surface area contributed by atoms with Crippen LogP contribution in [0.25, 0.3) is 0 Å². The SMILES string of the molecule is CCCCCC(CC)O[N+](=O)[O-]. The quantitative estimate of drug-likeness (QED) is 0.339. The van der Waals surface area contributed by atoms with Gasteiger partial charge < -0.3 is 4.84 Å². The van der Waals surface area contributed by atoms with Crippen molar-refractivity contribution in [3.63, 3.8) is 0 Å². The van der Waals surface area contributed by atoms with Crippen LogP contribution < -0.4 is 0 Å². The van der Waals surface area contributed by atoms with Crippen molar-refractivity contribution < 1.29 is 9.92 Å². The van der Waals surface area contributed by atoms with Gasteiger partial charge in [0.15, 0.2) is 0 Å². The van der Waals surface area contributed by atoms with Gasteiger partial charge in [-0.25, -0.2) is 0 Å². The van der Waals surface area contributed by atoms with E-state index in [4.69, 9.17) is 0 Å². The Hall–Kier alpha value is -0.800. The molecule has 1 unspecified atom stereocenters. The Morgan fingerprint density at radius 2 is 2.08 bits per heavy atom. The van der Waals surface area contributed by atoms with E-state index in [0.717, 1.165) is 25.7 Å². The summed E-state index contributed by atoms with van der Waals surface area (Å²) in [5, 5.41) is 9.29. The summed E-state index contributed by atoms with van der Waals surface area (Å²) in [5.74, 6) is 0. The molecule has 0 radical (unpaired) electrons. The summed E-state index contributed by atoms with van der Waals surface area (Å²) in [6, 6.07) is 0. The normalized spacial score (nSPS) is 12.5. The zero-order valence-corrected chi connectivity index (χ0v) is 7.78. The van der Waals surface area contributed by atoms with Crippen LogP contribution in [0.4, 0.5) is 0 Å². The molecule has 0 aromatic rings. The van der Waals surface area contributed by atoms with Crippen molar-refractivity contribution in [2.45, 2.75) is 52.1 Å². The van der Waals surface area contributed by atoms with Gasteiger partial charge in [-0.2, -0.15) is 0 Å². The summed E-state index contributed by atoms with van der Waals surface area (Å²) in [6.07, 6.45) is 4.58. The Morgan fingerprint density at radius 1 is 1.42 bits per heavy atom. The van der Waals surface area contributed by atoms with Crippen LogP contribution in [0, 0.1) is 10.1 Å². The highest BCUT2D eigenvalue weighted by Gasteiger charge is 2.09. The maximum atomic E-state index is 9.98. The van der Waals surface area contributed by atoms with Crippen molar-refractivity contribution in [3.05, 3.63) is 10.1 Å². The molecule has 0 aromatic carbocycles. The van der Waals surface area contributed by atoms with Crippen LogP contribution >= 0.6 is 0 Å². The van der Waals surface area contributed by atoms with Gasteiger partial charge in [0.25, 0.3) is 5.09 Å². The molecule has 0 rings (SSSR count). The summed E-state index contributed by atoms with van der Waals surface area (Å²) >= 11 is 0. The number of hydrogen-bond donors (Lipinski definition) is 0. The van der Waals surface area contributed by atoms with Crippen LogP contribution in [0.15, 0.2) is 0 Å². The first-order valence-electron chi connectivity index (χ1n) is 4.51. The minimum Gasteiger partial charge on any atom is -0.311 e. The van der Waals surface area contributed by atoms with Crippen LogP contribution in [0.1, 0.15) is 46.0 Å². The second-order valence-electron chi connectivity index (χ2n) is 2.86. The third-order valence-corrected chi connectivity index (χ3v) is 1.82. The topological polar surface area (TPSA) is 52.4 Å². The molecule has 4 nitrogen and oxygen atoms in total. The average molecular weight is 175 g/mol.